The fourth-order valence-corrected chi connectivity index (χ4v) is 4.29. The van der Waals surface area contributed by atoms with Gasteiger partial charge in [0.25, 0.3) is 0 Å². The fraction of sp³-hybridized carbons (Fsp3) is 0.478. The van der Waals surface area contributed by atoms with Crippen LogP contribution in [0, 0.1) is 5.92 Å². The minimum Gasteiger partial charge on any atom is -0.330 e. The number of nitrogens with zero attached hydrogens (tertiary/aromatic N) is 3. The lowest BCUT2D eigenvalue weighted by atomic mass is 9.91. The van der Waals surface area contributed by atoms with Crippen molar-refractivity contribution < 1.29 is 4.79 Å². The third-order valence-corrected chi connectivity index (χ3v) is 5.63. The standard InChI is InChI=1S/C23H30ClN3O/c1-4-13-26(3)16-17(2)15-21(28)27-14-11-18-6-5-12-25-22(18)23(27)19-7-9-20(24)10-8-19/h5-10,12,17,23H,4,11,13-16H2,1-3H3/t17-,23?/m1/s1. The van der Waals surface area contributed by atoms with Crippen LogP contribution in [0.15, 0.2) is 42.6 Å². The molecule has 1 unspecified atom stereocenters. The Balaban J connectivity index is 1.82. The second kappa shape index (κ2) is 9.53. The zero-order valence-electron chi connectivity index (χ0n) is 17.1. The van der Waals surface area contributed by atoms with Gasteiger partial charge in [-0.05, 0) is 61.7 Å². The van der Waals surface area contributed by atoms with Gasteiger partial charge in [-0.2, -0.15) is 0 Å². The van der Waals surface area contributed by atoms with Crippen LogP contribution in [0.3, 0.4) is 0 Å². The van der Waals surface area contributed by atoms with Gasteiger partial charge in [0.05, 0.1) is 11.7 Å². The van der Waals surface area contributed by atoms with Gasteiger partial charge in [0.15, 0.2) is 0 Å². The second-order valence-electron chi connectivity index (χ2n) is 7.91. The molecule has 2 aromatic rings. The van der Waals surface area contributed by atoms with E-state index in [0.29, 0.717) is 17.4 Å². The van der Waals surface area contributed by atoms with Gasteiger partial charge in [-0.15, -0.1) is 0 Å². The van der Waals surface area contributed by atoms with Gasteiger partial charge in [0, 0.05) is 30.7 Å². The minimum atomic E-state index is -0.143. The molecule has 0 aliphatic carbocycles. The smallest absolute Gasteiger partial charge is 0.223 e. The summed E-state index contributed by atoms with van der Waals surface area (Å²) in [5.41, 5.74) is 3.27. The first kappa shape index (κ1) is 20.8. The first-order valence-electron chi connectivity index (χ1n) is 10.2. The number of carbonyl (C=O) groups is 1. The third kappa shape index (κ3) is 4.92. The molecule has 0 N–H and O–H groups in total. The molecule has 0 radical (unpaired) electrons. The fourth-order valence-electron chi connectivity index (χ4n) is 4.16. The number of fused-ring (bicyclic) bond motifs is 1. The summed E-state index contributed by atoms with van der Waals surface area (Å²) in [4.78, 5) is 22.2. The molecule has 150 valence electrons. The second-order valence-corrected chi connectivity index (χ2v) is 8.35. The number of rotatable bonds is 7. The van der Waals surface area contributed by atoms with Crippen molar-refractivity contribution in [1.29, 1.82) is 0 Å². The number of hydrogen-bond donors (Lipinski definition) is 0. The molecule has 1 aromatic carbocycles. The predicted octanol–water partition coefficient (Wildman–Crippen LogP) is 4.58. The highest BCUT2D eigenvalue weighted by Crippen LogP contribution is 2.35. The van der Waals surface area contributed by atoms with Crippen molar-refractivity contribution in [3.05, 3.63) is 64.4 Å². The first-order valence-corrected chi connectivity index (χ1v) is 10.5. The molecule has 28 heavy (non-hydrogen) atoms. The Kier molecular flexibility index (Phi) is 7.08. The molecule has 1 amide bonds. The zero-order valence-corrected chi connectivity index (χ0v) is 17.8. The van der Waals surface area contributed by atoms with Crippen LogP contribution in [0.2, 0.25) is 5.02 Å². The quantitative estimate of drug-likeness (QED) is 0.683. The molecule has 2 heterocycles. The molecule has 5 heteroatoms. The van der Waals surface area contributed by atoms with E-state index in [-0.39, 0.29) is 11.9 Å². The molecule has 0 saturated heterocycles. The Morgan fingerprint density at radius 3 is 2.79 bits per heavy atom. The highest BCUT2D eigenvalue weighted by Gasteiger charge is 2.33. The summed E-state index contributed by atoms with van der Waals surface area (Å²) in [6.45, 7) is 7.07. The van der Waals surface area contributed by atoms with E-state index in [1.165, 1.54) is 5.56 Å². The molecule has 0 fully saturated rings. The molecule has 0 spiro atoms. The van der Waals surface area contributed by atoms with Crippen LogP contribution in [0.25, 0.3) is 0 Å². The van der Waals surface area contributed by atoms with Gasteiger partial charge in [0.1, 0.15) is 0 Å². The molecule has 4 nitrogen and oxygen atoms in total. The average Bonchev–Trinajstić information content (AvgIpc) is 2.67. The summed E-state index contributed by atoms with van der Waals surface area (Å²) in [6.07, 6.45) is 4.35. The Morgan fingerprint density at radius 1 is 1.32 bits per heavy atom. The normalized spacial score (nSPS) is 17.5. The maximum Gasteiger partial charge on any atom is 0.223 e. The summed E-state index contributed by atoms with van der Waals surface area (Å²) in [6, 6.07) is 11.7. The number of hydrogen-bond acceptors (Lipinski definition) is 3. The van der Waals surface area contributed by atoms with E-state index in [4.69, 9.17) is 11.6 Å². The Hall–Kier alpha value is -1.91. The maximum atomic E-state index is 13.3. The van der Waals surface area contributed by atoms with Gasteiger partial charge in [-0.3, -0.25) is 9.78 Å². The van der Waals surface area contributed by atoms with E-state index < -0.39 is 0 Å². The van der Waals surface area contributed by atoms with E-state index in [0.717, 1.165) is 43.7 Å². The SMILES string of the molecule is CCCN(C)C[C@H](C)CC(=O)N1CCc2cccnc2C1c1ccc(Cl)cc1. The van der Waals surface area contributed by atoms with Crippen LogP contribution < -0.4 is 0 Å². The summed E-state index contributed by atoms with van der Waals surface area (Å²) in [5, 5.41) is 0.700. The van der Waals surface area contributed by atoms with E-state index in [1.807, 2.05) is 41.4 Å². The van der Waals surface area contributed by atoms with Crippen LogP contribution in [0.1, 0.15) is 49.6 Å². The van der Waals surface area contributed by atoms with Gasteiger partial charge in [-0.25, -0.2) is 0 Å². The molecule has 0 bridgehead atoms. The molecule has 1 aromatic heterocycles. The summed E-state index contributed by atoms with van der Waals surface area (Å²) in [5.74, 6) is 0.522. The summed E-state index contributed by atoms with van der Waals surface area (Å²) >= 11 is 6.09. The van der Waals surface area contributed by atoms with E-state index in [1.54, 1.807) is 0 Å². The Bertz CT molecular complexity index is 793. The highest BCUT2D eigenvalue weighted by molar-refractivity contribution is 6.30. The average molecular weight is 400 g/mol. The van der Waals surface area contributed by atoms with E-state index in [9.17, 15) is 4.79 Å². The lowest BCUT2D eigenvalue weighted by Gasteiger charge is -2.37. The van der Waals surface area contributed by atoms with Gasteiger partial charge < -0.3 is 9.80 Å². The topological polar surface area (TPSA) is 36.4 Å². The zero-order chi connectivity index (χ0) is 20.1. The van der Waals surface area contributed by atoms with Crippen molar-refractivity contribution >= 4 is 17.5 Å². The molecule has 1 aliphatic heterocycles. The van der Waals surface area contributed by atoms with Crippen molar-refractivity contribution in [3.8, 4) is 0 Å². The predicted molar refractivity (Wildman–Crippen MR) is 115 cm³/mol. The molecular weight excluding hydrogens is 370 g/mol. The van der Waals surface area contributed by atoms with Crippen molar-refractivity contribution in [3.63, 3.8) is 0 Å². The van der Waals surface area contributed by atoms with Crippen molar-refractivity contribution in [1.82, 2.24) is 14.8 Å². The van der Waals surface area contributed by atoms with Crippen LogP contribution in [-0.2, 0) is 11.2 Å². The lowest BCUT2D eigenvalue weighted by Crippen LogP contribution is -2.42. The van der Waals surface area contributed by atoms with Gasteiger partial charge >= 0.3 is 0 Å². The minimum absolute atomic E-state index is 0.143. The van der Waals surface area contributed by atoms with Crippen molar-refractivity contribution in [2.24, 2.45) is 5.92 Å². The summed E-state index contributed by atoms with van der Waals surface area (Å²) < 4.78 is 0. The lowest BCUT2D eigenvalue weighted by molar-refractivity contribution is -0.134. The van der Waals surface area contributed by atoms with Crippen molar-refractivity contribution in [2.75, 3.05) is 26.7 Å². The number of benzene rings is 1. The molecule has 3 rings (SSSR count). The molecule has 2 atom stereocenters. The number of aromatic nitrogens is 1. The monoisotopic (exact) mass is 399 g/mol. The maximum absolute atomic E-state index is 13.3. The van der Waals surface area contributed by atoms with Crippen LogP contribution in [0.5, 0.6) is 0 Å². The highest BCUT2D eigenvalue weighted by atomic mass is 35.5. The van der Waals surface area contributed by atoms with Gasteiger partial charge in [0.2, 0.25) is 5.91 Å². The molecular formula is C23H30ClN3O. The number of carbonyl (C=O) groups excluding carboxylic acids is 1. The van der Waals surface area contributed by atoms with Crippen LogP contribution in [0.4, 0.5) is 0 Å². The van der Waals surface area contributed by atoms with Crippen LogP contribution in [-0.4, -0.2) is 47.4 Å². The van der Waals surface area contributed by atoms with E-state index >= 15 is 0 Å². The van der Waals surface area contributed by atoms with Crippen molar-refractivity contribution in [2.45, 2.75) is 39.2 Å². The Morgan fingerprint density at radius 2 is 2.07 bits per heavy atom. The molecule has 1 aliphatic rings. The third-order valence-electron chi connectivity index (χ3n) is 5.38. The number of pyridine rings is 1. The Labute approximate surface area is 173 Å². The van der Waals surface area contributed by atoms with Crippen LogP contribution >= 0.6 is 11.6 Å². The molecule has 0 saturated carbocycles. The van der Waals surface area contributed by atoms with Gasteiger partial charge in [-0.1, -0.05) is 43.6 Å². The van der Waals surface area contributed by atoms with E-state index in [2.05, 4.69) is 36.8 Å². The number of amides is 1. The number of halogens is 1. The summed E-state index contributed by atoms with van der Waals surface area (Å²) in [7, 11) is 2.13. The first-order chi connectivity index (χ1) is 13.5. The largest absolute Gasteiger partial charge is 0.330 e.